The van der Waals surface area contributed by atoms with Crippen LogP contribution < -0.4 is 24.4 Å². The standard InChI is InChI=1S/C25H24N2O5S/c1-5-32-24(29)21-15(2)26-25-27(22(21)18-14-17(30-3)11-12-19(18)31-4)23(28)20(33-25)13-16-9-7-6-8-10-16/h6-14,22H,5H2,1-4H3/b20-13-/t22-/m1/s1. The fraction of sp³-hybridized carbons (Fsp3) is 0.240. The summed E-state index contributed by atoms with van der Waals surface area (Å²) >= 11 is 1.28. The molecule has 0 bridgehead atoms. The lowest BCUT2D eigenvalue weighted by atomic mass is 9.94. The molecule has 3 aromatic rings. The van der Waals surface area contributed by atoms with Crippen molar-refractivity contribution in [3.05, 3.63) is 90.6 Å². The molecule has 33 heavy (non-hydrogen) atoms. The minimum atomic E-state index is -0.775. The van der Waals surface area contributed by atoms with Crippen molar-refractivity contribution in [1.29, 1.82) is 0 Å². The molecule has 0 N–H and O–H groups in total. The third-order valence-corrected chi connectivity index (χ3v) is 6.33. The van der Waals surface area contributed by atoms with Crippen LogP contribution in [0.1, 0.15) is 31.0 Å². The monoisotopic (exact) mass is 464 g/mol. The molecule has 0 spiro atoms. The summed E-state index contributed by atoms with van der Waals surface area (Å²) in [5, 5.41) is 0. The molecule has 4 rings (SSSR count). The quantitative estimate of drug-likeness (QED) is 0.524. The Morgan fingerprint density at radius 1 is 1.15 bits per heavy atom. The zero-order valence-electron chi connectivity index (χ0n) is 18.8. The molecular formula is C25H24N2O5S. The number of carbonyl (C=O) groups excluding carboxylic acids is 1. The second kappa shape index (κ2) is 9.46. The summed E-state index contributed by atoms with van der Waals surface area (Å²) in [5.41, 5.74) is 2.06. The third kappa shape index (κ3) is 4.21. The van der Waals surface area contributed by atoms with E-state index in [1.54, 1.807) is 46.3 Å². The number of nitrogens with zero attached hydrogens (tertiary/aromatic N) is 2. The Balaban J connectivity index is 2.02. The van der Waals surface area contributed by atoms with Crippen molar-refractivity contribution in [3.63, 3.8) is 0 Å². The SMILES string of the molecule is CCOC(=O)C1=C(C)N=c2s/c(=C\c3ccccc3)c(=O)n2[C@@H]1c1cc(OC)ccc1OC. The Kier molecular flexibility index (Phi) is 6.46. The number of ether oxygens (including phenoxy) is 3. The number of hydrogen-bond acceptors (Lipinski definition) is 7. The summed E-state index contributed by atoms with van der Waals surface area (Å²) in [6, 6.07) is 14.1. The van der Waals surface area contributed by atoms with Gasteiger partial charge in [-0.3, -0.25) is 9.36 Å². The molecule has 2 aromatic carbocycles. The number of rotatable bonds is 6. The van der Waals surface area contributed by atoms with Gasteiger partial charge in [0.15, 0.2) is 4.80 Å². The summed E-state index contributed by atoms with van der Waals surface area (Å²) in [7, 11) is 3.11. The van der Waals surface area contributed by atoms with E-state index in [0.717, 1.165) is 5.56 Å². The zero-order chi connectivity index (χ0) is 23.5. The van der Waals surface area contributed by atoms with Gasteiger partial charge in [-0.1, -0.05) is 41.7 Å². The molecule has 7 nitrogen and oxygen atoms in total. The Bertz CT molecular complexity index is 1400. The van der Waals surface area contributed by atoms with Gasteiger partial charge in [-0.25, -0.2) is 9.79 Å². The second-order valence-corrected chi connectivity index (χ2v) is 8.33. The van der Waals surface area contributed by atoms with Crippen LogP contribution in [0.15, 0.2) is 69.6 Å². The van der Waals surface area contributed by atoms with E-state index in [0.29, 0.717) is 37.7 Å². The van der Waals surface area contributed by atoms with Crippen molar-refractivity contribution >= 4 is 23.4 Å². The maximum absolute atomic E-state index is 13.6. The molecule has 2 heterocycles. The van der Waals surface area contributed by atoms with Gasteiger partial charge in [-0.15, -0.1) is 0 Å². The molecule has 0 unspecified atom stereocenters. The number of fused-ring (bicyclic) bond motifs is 1. The van der Waals surface area contributed by atoms with Crippen LogP contribution in [0, 0.1) is 0 Å². The van der Waals surface area contributed by atoms with Crippen molar-refractivity contribution in [2.45, 2.75) is 19.9 Å². The molecular weight excluding hydrogens is 440 g/mol. The fourth-order valence-electron chi connectivity index (χ4n) is 3.84. The smallest absolute Gasteiger partial charge is 0.338 e. The van der Waals surface area contributed by atoms with Crippen LogP contribution >= 0.6 is 11.3 Å². The van der Waals surface area contributed by atoms with Gasteiger partial charge in [0.2, 0.25) is 0 Å². The van der Waals surface area contributed by atoms with Crippen LogP contribution in [-0.2, 0) is 9.53 Å². The highest BCUT2D eigenvalue weighted by atomic mass is 32.1. The van der Waals surface area contributed by atoms with Crippen LogP contribution in [0.5, 0.6) is 11.5 Å². The third-order valence-electron chi connectivity index (χ3n) is 5.35. The lowest BCUT2D eigenvalue weighted by molar-refractivity contribution is -0.139. The first kappa shape index (κ1) is 22.5. The van der Waals surface area contributed by atoms with Gasteiger partial charge in [0.05, 0.1) is 36.6 Å². The lowest BCUT2D eigenvalue weighted by Crippen LogP contribution is -2.40. The lowest BCUT2D eigenvalue weighted by Gasteiger charge is -2.26. The molecule has 1 atom stereocenters. The Morgan fingerprint density at radius 3 is 2.58 bits per heavy atom. The van der Waals surface area contributed by atoms with E-state index in [2.05, 4.69) is 4.99 Å². The van der Waals surface area contributed by atoms with Gasteiger partial charge in [-0.05, 0) is 43.7 Å². The average molecular weight is 465 g/mol. The summed E-state index contributed by atoms with van der Waals surface area (Å²) < 4.78 is 18.4. The Labute approximate surface area is 194 Å². The van der Waals surface area contributed by atoms with Crippen molar-refractivity contribution < 1.29 is 19.0 Å². The van der Waals surface area contributed by atoms with Gasteiger partial charge in [-0.2, -0.15) is 0 Å². The molecule has 0 fully saturated rings. The molecule has 0 aliphatic carbocycles. The van der Waals surface area contributed by atoms with Crippen molar-refractivity contribution in [2.24, 2.45) is 4.99 Å². The first-order valence-corrected chi connectivity index (χ1v) is 11.3. The normalized spacial score (nSPS) is 15.6. The Morgan fingerprint density at radius 2 is 1.91 bits per heavy atom. The number of esters is 1. The maximum Gasteiger partial charge on any atom is 0.338 e. The summed E-state index contributed by atoms with van der Waals surface area (Å²) in [4.78, 5) is 31.8. The molecule has 0 saturated heterocycles. The highest BCUT2D eigenvalue weighted by molar-refractivity contribution is 7.07. The first-order chi connectivity index (χ1) is 16.0. The van der Waals surface area contributed by atoms with E-state index in [1.807, 2.05) is 36.4 Å². The van der Waals surface area contributed by atoms with Crippen LogP contribution in [0.4, 0.5) is 0 Å². The molecule has 1 aliphatic rings. The number of thiazole rings is 1. The van der Waals surface area contributed by atoms with Gasteiger partial charge < -0.3 is 14.2 Å². The molecule has 8 heteroatoms. The Hall–Kier alpha value is -3.65. The topological polar surface area (TPSA) is 79.1 Å². The van der Waals surface area contributed by atoms with Gasteiger partial charge in [0, 0.05) is 5.56 Å². The number of aromatic nitrogens is 1. The highest BCUT2D eigenvalue weighted by Gasteiger charge is 2.35. The van der Waals surface area contributed by atoms with E-state index >= 15 is 0 Å². The predicted molar refractivity (Wildman–Crippen MR) is 126 cm³/mol. The largest absolute Gasteiger partial charge is 0.497 e. The minimum Gasteiger partial charge on any atom is -0.497 e. The van der Waals surface area contributed by atoms with E-state index in [-0.39, 0.29) is 12.2 Å². The summed E-state index contributed by atoms with van der Waals surface area (Å²) in [6.07, 6.45) is 1.83. The summed E-state index contributed by atoms with van der Waals surface area (Å²) in [6.45, 7) is 3.69. The number of benzene rings is 2. The zero-order valence-corrected chi connectivity index (χ0v) is 19.6. The number of carbonyl (C=O) groups is 1. The minimum absolute atomic E-state index is 0.204. The molecule has 1 aromatic heterocycles. The van der Waals surface area contributed by atoms with Crippen molar-refractivity contribution in [3.8, 4) is 11.5 Å². The van der Waals surface area contributed by atoms with Gasteiger partial charge >= 0.3 is 5.97 Å². The van der Waals surface area contributed by atoms with Crippen molar-refractivity contribution in [2.75, 3.05) is 20.8 Å². The highest BCUT2D eigenvalue weighted by Crippen LogP contribution is 2.37. The van der Waals surface area contributed by atoms with E-state index in [1.165, 1.54) is 15.9 Å². The van der Waals surface area contributed by atoms with Gasteiger partial charge in [0.25, 0.3) is 5.56 Å². The number of hydrogen-bond donors (Lipinski definition) is 0. The fourth-order valence-corrected chi connectivity index (χ4v) is 4.89. The van der Waals surface area contributed by atoms with E-state index in [4.69, 9.17) is 14.2 Å². The maximum atomic E-state index is 13.6. The van der Waals surface area contributed by atoms with E-state index in [9.17, 15) is 9.59 Å². The summed E-state index contributed by atoms with van der Waals surface area (Å²) in [5.74, 6) is 0.580. The molecule has 0 amide bonds. The van der Waals surface area contributed by atoms with Crippen LogP contribution in [0.25, 0.3) is 6.08 Å². The number of allylic oxidation sites excluding steroid dienone is 1. The molecule has 0 saturated carbocycles. The number of methoxy groups -OCH3 is 2. The first-order valence-electron chi connectivity index (χ1n) is 10.4. The average Bonchev–Trinajstić information content (AvgIpc) is 3.12. The van der Waals surface area contributed by atoms with E-state index < -0.39 is 12.0 Å². The van der Waals surface area contributed by atoms with Crippen LogP contribution in [-0.4, -0.2) is 31.4 Å². The van der Waals surface area contributed by atoms with Crippen LogP contribution in [0.3, 0.4) is 0 Å². The molecule has 1 aliphatic heterocycles. The predicted octanol–water partition coefficient (Wildman–Crippen LogP) is 2.82. The molecule has 0 radical (unpaired) electrons. The molecule has 170 valence electrons. The van der Waals surface area contributed by atoms with Crippen molar-refractivity contribution in [1.82, 2.24) is 4.57 Å². The van der Waals surface area contributed by atoms with Gasteiger partial charge in [0.1, 0.15) is 17.5 Å². The second-order valence-electron chi connectivity index (χ2n) is 7.32. The van der Waals surface area contributed by atoms with Crippen LogP contribution in [0.2, 0.25) is 0 Å².